The normalized spacial score (nSPS) is 11.8. The van der Waals surface area contributed by atoms with Gasteiger partial charge in [0.1, 0.15) is 6.04 Å². The highest BCUT2D eigenvalue weighted by Gasteiger charge is 2.25. The molecule has 3 aromatic rings. The molecule has 0 bridgehead atoms. The van der Waals surface area contributed by atoms with Crippen molar-refractivity contribution < 1.29 is 9.59 Å². The summed E-state index contributed by atoms with van der Waals surface area (Å²) < 4.78 is 0.983. The number of nitrogens with zero attached hydrogens (tertiary/aromatic N) is 1. The van der Waals surface area contributed by atoms with Crippen LogP contribution in [0, 0.1) is 0 Å². The zero-order valence-corrected chi connectivity index (χ0v) is 19.0. The first kappa shape index (κ1) is 22.0. The Labute approximate surface area is 186 Å². The fourth-order valence-electron chi connectivity index (χ4n) is 3.59. The molecule has 0 aliphatic carbocycles. The molecule has 1 atom stereocenters. The van der Waals surface area contributed by atoms with E-state index in [0.29, 0.717) is 25.9 Å². The van der Waals surface area contributed by atoms with Gasteiger partial charge in [-0.05, 0) is 54.3 Å². The summed E-state index contributed by atoms with van der Waals surface area (Å²) in [7, 11) is 0. The summed E-state index contributed by atoms with van der Waals surface area (Å²) in [6.07, 6.45) is 0.993. The minimum Gasteiger partial charge on any atom is -0.355 e. The van der Waals surface area contributed by atoms with Gasteiger partial charge in [-0.1, -0.05) is 70.5 Å². The quantitative estimate of drug-likeness (QED) is 0.502. The Morgan fingerprint density at radius 2 is 1.70 bits per heavy atom. The Kier molecular flexibility index (Phi) is 7.63. The maximum absolute atomic E-state index is 13.2. The number of aryl methyl sites for hydroxylation is 1. The predicted octanol–water partition coefficient (Wildman–Crippen LogP) is 5.09. The van der Waals surface area contributed by atoms with Crippen molar-refractivity contribution in [2.45, 2.75) is 39.3 Å². The van der Waals surface area contributed by atoms with Gasteiger partial charge in [-0.3, -0.25) is 9.59 Å². The number of likely N-dealkylation sites (N-methyl/N-ethyl adjacent to an activating group) is 1. The third-order valence-electron chi connectivity index (χ3n) is 5.27. The van der Waals surface area contributed by atoms with Crippen molar-refractivity contribution in [3.63, 3.8) is 0 Å². The van der Waals surface area contributed by atoms with Gasteiger partial charge in [0.2, 0.25) is 11.8 Å². The number of nitrogens with one attached hydrogen (secondary N) is 1. The van der Waals surface area contributed by atoms with Crippen molar-refractivity contribution in [3.05, 3.63) is 82.3 Å². The lowest BCUT2D eigenvalue weighted by Gasteiger charge is -2.29. The fourth-order valence-corrected chi connectivity index (χ4v) is 3.85. The van der Waals surface area contributed by atoms with Crippen molar-refractivity contribution >= 4 is 38.5 Å². The van der Waals surface area contributed by atoms with Crippen molar-refractivity contribution in [1.82, 2.24) is 10.2 Å². The van der Waals surface area contributed by atoms with Crippen LogP contribution in [-0.2, 0) is 22.6 Å². The first-order chi connectivity index (χ1) is 14.5. The fraction of sp³-hybridized carbons (Fsp3) is 0.280. The van der Waals surface area contributed by atoms with Crippen molar-refractivity contribution in [2.75, 3.05) is 6.54 Å². The highest BCUT2D eigenvalue weighted by molar-refractivity contribution is 9.10. The smallest absolute Gasteiger partial charge is 0.242 e. The van der Waals surface area contributed by atoms with Crippen LogP contribution in [-0.4, -0.2) is 29.3 Å². The summed E-state index contributed by atoms with van der Waals surface area (Å²) in [6, 6.07) is 21.7. The van der Waals surface area contributed by atoms with Gasteiger partial charge in [0.05, 0.1) is 0 Å². The monoisotopic (exact) mass is 466 g/mol. The van der Waals surface area contributed by atoms with Gasteiger partial charge in [0, 0.05) is 24.0 Å². The molecule has 0 unspecified atom stereocenters. The molecule has 0 fully saturated rings. The molecule has 4 nitrogen and oxygen atoms in total. The Hall–Kier alpha value is -2.66. The Morgan fingerprint density at radius 3 is 2.43 bits per heavy atom. The Morgan fingerprint density at radius 1 is 1.00 bits per heavy atom. The molecular weight excluding hydrogens is 440 g/mol. The second-order valence-corrected chi connectivity index (χ2v) is 8.27. The van der Waals surface area contributed by atoms with Crippen LogP contribution in [0.25, 0.3) is 10.8 Å². The van der Waals surface area contributed by atoms with Crippen LogP contribution < -0.4 is 5.32 Å². The molecule has 1 N–H and O–H groups in total. The van der Waals surface area contributed by atoms with Crippen LogP contribution >= 0.6 is 15.9 Å². The van der Waals surface area contributed by atoms with Crippen LogP contribution in [0.3, 0.4) is 0 Å². The van der Waals surface area contributed by atoms with Gasteiger partial charge in [0.25, 0.3) is 0 Å². The number of rotatable bonds is 8. The van der Waals surface area contributed by atoms with Crippen LogP contribution in [0.4, 0.5) is 0 Å². The number of carbonyl (C=O) groups excluding carboxylic acids is 2. The number of fused-ring (bicyclic) bond motifs is 1. The number of halogens is 1. The molecule has 0 aromatic heterocycles. The van der Waals surface area contributed by atoms with E-state index in [1.807, 2.05) is 49.4 Å². The van der Waals surface area contributed by atoms with Gasteiger partial charge in [-0.25, -0.2) is 0 Å². The number of benzene rings is 3. The summed E-state index contributed by atoms with van der Waals surface area (Å²) in [5, 5.41) is 5.17. The van der Waals surface area contributed by atoms with E-state index in [0.717, 1.165) is 15.6 Å². The summed E-state index contributed by atoms with van der Waals surface area (Å²) in [6.45, 7) is 4.62. The van der Waals surface area contributed by atoms with E-state index in [1.165, 1.54) is 10.8 Å². The predicted molar refractivity (Wildman–Crippen MR) is 125 cm³/mol. The van der Waals surface area contributed by atoms with Crippen molar-refractivity contribution in [2.24, 2.45) is 0 Å². The average Bonchev–Trinajstić information content (AvgIpc) is 2.76. The molecule has 0 saturated carbocycles. The summed E-state index contributed by atoms with van der Waals surface area (Å²) >= 11 is 3.44. The molecular formula is C25H27BrN2O2. The molecule has 30 heavy (non-hydrogen) atoms. The van der Waals surface area contributed by atoms with E-state index in [4.69, 9.17) is 0 Å². The molecule has 5 heteroatoms. The lowest BCUT2D eigenvalue weighted by atomic mass is 10.0. The summed E-state index contributed by atoms with van der Waals surface area (Å²) in [4.78, 5) is 27.4. The zero-order chi connectivity index (χ0) is 21.5. The highest BCUT2D eigenvalue weighted by atomic mass is 79.9. The maximum Gasteiger partial charge on any atom is 0.242 e. The molecule has 0 radical (unpaired) electrons. The SMILES string of the molecule is CCNC(=O)[C@H](C)N(Cc1ccc(Br)cc1)C(=O)CCc1cccc2ccccc12. The third kappa shape index (κ3) is 5.48. The van der Waals surface area contributed by atoms with E-state index >= 15 is 0 Å². The van der Waals surface area contributed by atoms with Crippen LogP contribution in [0.5, 0.6) is 0 Å². The lowest BCUT2D eigenvalue weighted by Crippen LogP contribution is -2.47. The number of amides is 2. The van der Waals surface area contributed by atoms with Crippen molar-refractivity contribution in [1.29, 1.82) is 0 Å². The molecule has 0 aliphatic heterocycles. The zero-order valence-electron chi connectivity index (χ0n) is 17.4. The van der Waals surface area contributed by atoms with E-state index in [1.54, 1.807) is 11.8 Å². The number of hydrogen-bond donors (Lipinski definition) is 1. The van der Waals surface area contributed by atoms with Crippen molar-refractivity contribution in [3.8, 4) is 0 Å². The van der Waals surface area contributed by atoms with Gasteiger partial charge < -0.3 is 10.2 Å². The van der Waals surface area contributed by atoms with E-state index in [2.05, 4.69) is 45.5 Å². The minimum atomic E-state index is -0.534. The van der Waals surface area contributed by atoms with Crippen LogP contribution in [0.2, 0.25) is 0 Å². The topological polar surface area (TPSA) is 49.4 Å². The Bertz CT molecular complexity index is 1010. The van der Waals surface area contributed by atoms with Gasteiger partial charge in [0.15, 0.2) is 0 Å². The molecule has 3 aromatic carbocycles. The van der Waals surface area contributed by atoms with Gasteiger partial charge >= 0.3 is 0 Å². The molecule has 0 heterocycles. The molecule has 0 aliphatic rings. The largest absolute Gasteiger partial charge is 0.355 e. The summed E-state index contributed by atoms with van der Waals surface area (Å²) in [5.74, 6) is -0.155. The van der Waals surface area contributed by atoms with E-state index in [9.17, 15) is 9.59 Å². The van der Waals surface area contributed by atoms with Crippen LogP contribution in [0.1, 0.15) is 31.4 Å². The van der Waals surface area contributed by atoms with Gasteiger partial charge in [-0.15, -0.1) is 0 Å². The summed E-state index contributed by atoms with van der Waals surface area (Å²) in [5.41, 5.74) is 2.14. The Balaban J connectivity index is 1.78. The molecule has 2 amide bonds. The van der Waals surface area contributed by atoms with Gasteiger partial charge in [-0.2, -0.15) is 0 Å². The van der Waals surface area contributed by atoms with E-state index in [-0.39, 0.29) is 11.8 Å². The van der Waals surface area contributed by atoms with E-state index < -0.39 is 6.04 Å². The standard InChI is InChI=1S/C25H27BrN2O2/c1-3-27-25(30)18(2)28(17-19-11-14-22(26)15-12-19)24(29)16-13-21-9-6-8-20-7-4-5-10-23(20)21/h4-12,14-15,18H,3,13,16-17H2,1-2H3,(H,27,30)/t18-/m0/s1. The number of hydrogen-bond acceptors (Lipinski definition) is 2. The lowest BCUT2D eigenvalue weighted by molar-refractivity contribution is -0.140. The second kappa shape index (κ2) is 10.4. The third-order valence-corrected chi connectivity index (χ3v) is 5.80. The highest BCUT2D eigenvalue weighted by Crippen LogP contribution is 2.21. The second-order valence-electron chi connectivity index (χ2n) is 7.36. The molecule has 156 valence electrons. The first-order valence-electron chi connectivity index (χ1n) is 10.3. The maximum atomic E-state index is 13.2. The molecule has 3 rings (SSSR count). The average molecular weight is 467 g/mol. The minimum absolute atomic E-state index is 0.0235. The van der Waals surface area contributed by atoms with Crippen LogP contribution in [0.15, 0.2) is 71.2 Å². The first-order valence-corrected chi connectivity index (χ1v) is 11.1. The molecule has 0 saturated heterocycles. The molecule has 0 spiro atoms. The number of carbonyl (C=O) groups is 2.